The van der Waals surface area contributed by atoms with Gasteiger partial charge >= 0.3 is 12.7 Å². The van der Waals surface area contributed by atoms with Crippen LogP contribution in [0.15, 0.2) is 11.5 Å². The summed E-state index contributed by atoms with van der Waals surface area (Å²) in [5, 5.41) is -1.56. The second-order valence-corrected chi connectivity index (χ2v) is 1.91. The average molecular weight is 230 g/mol. The van der Waals surface area contributed by atoms with Crippen LogP contribution < -0.4 is 0 Å². The molecule has 0 heterocycles. The lowest BCUT2D eigenvalue weighted by atomic mass is 11.0. The van der Waals surface area contributed by atoms with Gasteiger partial charge in [-0.05, 0) is 11.6 Å². The van der Waals surface area contributed by atoms with E-state index in [0.29, 0.717) is 0 Å². The quantitative estimate of drug-likeness (QED) is 0.536. The van der Waals surface area contributed by atoms with Gasteiger partial charge in [0.05, 0.1) is 0 Å². The molecule has 0 saturated carbocycles. The highest BCUT2D eigenvalue weighted by Gasteiger charge is 2.33. The van der Waals surface area contributed by atoms with Crippen LogP contribution in [0.3, 0.4) is 0 Å². The smallest absolute Gasteiger partial charge is 0.409 e. The van der Waals surface area contributed by atoms with E-state index in [4.69, 9.17) is 0 Å². The van der Waals surface area contributed by atoms with Gasteiger partial charge in [0.1, 0.15) is 6.26 Å². The minimum atomic E-state index is -5.15. The molecule has 2 nitrogen and oxygen atoms in total. The predicted octanol–water partition coefficient (Wildman–Crippen LogP) is 3.10. The molecule has 0 aliphatic rings. The maximum atomic E-state index is 11.2. The molecule has 0 atom stereocenters. The molecular formula is C4HClF6O2. The Morgan fingerprint density at radius 1 is 1.00 bits per heavy atom. The first-order valence-electron chi connectivity index (χ1n) is 2.46. The third-order valence-electron chi connectivity index (χ3n) is 0.498. The summed E-state index contributed by atoms with van der Waals surface area (Å²) in [5.74, 6) is 0. The van der Waals surface area contributed by atoms with E-state index in [1.165, 1.54) is 0 Å². The molecule has 0 spiro atoms. The number of alkyl halides is 6. The SMILES string of the molecule is FC(F)(F)O/C=C(/Cl)OC(F)(F)F. The first-order chi connectivity index (χ1) is 5.60. The van der Waals surface area contributed by atoms with Crippen LogP contribution in [0.5, 0.6) is 0 Å². The molecular weight excluding hydrogens is 229 g/mol. The molecule has 0 aliphatic heterocycles. The van der Waals surface area contributed by atoms with Gasteiger partial charge in [-0.3, -0.25) is 0 Å². The molecule has 0 N–H and O–H groups in total. The Bertz CT molecular complexity index is 194. The summed E-state index contributed by atoms with van der Waals surface area (Å²) in [7, 11) is 0. The number of hydrogen-bond donors (Lipinski definition) is 0. The van der Waals surface area contributed by atoms with Gasteiger partial charge in [0.25, 0.3) is 0 Å². The van der Waals surface area contributed by atoms with Crippen molar-refractivity contribution in [3.63, 3.8) is 0 Å². The Morgan fingerprint density at radius 2 is 1.46 bits per heavy atom. The van der Waals surface area contributed by atoms with Crippen LogP contribution >= 0.6 is 11.6 Å². The van der Waals surface area contributed by atoms with E-state index in [9.17, 15) is 26.3 Å². The number of rotatable bonds is 2. The van der Waals surface area contributed by atoms with Crippen LogP contribution in [0.4, 0.5) is 26.3 Å². The van der Waals surface area contributed by atoms with Gasteiger partial charge in [-0.1, -0.05) is 0 Å². The molecule has 0 aromatic carbocycles. The van der Waals surface area contributed by atoms with E-state index in [1.807, 2.05) is 0 Å². The molecule has 78 valence electrons. The fourth-order valence-electron chi connectivity index (χ4n) is 0.248. The maximum Gasteiger partial charge on any atom is 0.573 e. The van der Waals surface area contributed by atoms with Gasteiger partial charge < -0.3 is 9.47 Å². The minimum absolute atomic E-state index is 0.408. The topological polar surface area (TPSA) is 18.5 Å². The molecule has 0 bridgehead atoms. The molecule has 9 heteroatoms. The van der Waals surface area contributed by atoms with Gasteiger partial charge in [0.15, 0.2) is 0 Å². The summed E-state index contributed by atoms with van der Waals surface area (Å²) in [5.41, 5.74) is 0. The van der Waals surface area contributed by atoms with E-state index < -0.39 is 24.2 Å². The highest BCUT2D eigenvalue weighted by molar-refractivity contribution is 6.28. The fraction of sp³-hybridized carbons (Fsp3) is 0.500. The predicted molar refractivity (Wildman–Crippen MR) is 28.2 cm³/mol. The normalized spacial score (nSPS) is 14.2. The van der Waals surface area contributed by atoms with Gasteiger partial charge in [-0.25, -0.2) is 0 Å². The van der Waals surface area contributed by atoms with Crippen LogP contribution in [0.25, 0.3) is 0 Å². The molecule has 0 aromatic rings. The Kier molecular flexibility index (Phi) is 3.71. The van der Waals surface area contributed by atoms with Crippen molar-refractivity contribution in [2.75, 3.05) is 0 Å². The first-order valence-corrected chi connectivity index (χ1v) is 2.84. The lowest BCUT2D eigenvalue weighted by Gasteiger charge is -2.08. The highest BCUT2D eigenvalue weighted by atomic mass is 35.5. The zero-order valence-corrected chi connectivity index (χ0v) is 6.30. The van der Waals surface area contributed by atoms with Crippen molar-refractivity contribution < 1.29 is 35.8 Å². The summed E-state index contributed by atoms with van der Waals surface area (Å²) in [6.45, 7) is 0. The first kappa shape index (κ1) is 12.2. The Morgan fingerprint density at radius 3 is 1.77 bits per heavy atom. The largest absolute Gasteiger partial charge is 0.573 e. The molecule has 0 fully saturated rings. The van der Waals surface area contributed by atoms with Crippen LogP contribution in [0.2, 0.25) is 0 Å². The standard InChI is InChI=1S/C4HClF6O2/c5-2(13-4(9,10)11)1-12-3(6,7)8/h1H/b2-1-. The molecule has 0 unspecified atom stereocenters. The number of halogens is 7. The maximum absolute atomic E-state index is 11.2. The van der Waals surface area contributed by atoms with Gasteiger partial charge in [0, 0.05) is 0 Å². The average Bonchev–Trinajstić information content (AvgIpc) is 1.78. The van der Waals surface area contributed by atoms with Crippen LogP contribution in [0.1, 0.15) is 0 Å². The van der Waals surface area contributed by atoms with Gasteiger partial charge in [-0.2, -0.15) is 0 Å². The Balaban J connectivity index is 4.05. The third-order valence-corrected chi connectivity index (χ3v) is 0.665. The van der Waals surface area contributed by atoms with Crippen molar-refractivity contribution in [2.24, 2.45) is 0 Å². The molecule has 0 rings (SSSR count). The lowest BCUT2D eigenvalue weighted by molar-refractivity contribution is -0.313. The van der Waals surface area contributed by atoms with E-state index in [1.54, 1.807) is 0 Å². The van der Waals surface area contributed by atoms with Gasteiger partial charge in [-0.15, -0.1) is 26.3 Å². The van der Waals surface area contributed by atoms with Crippen molar-refractivity contribution in [3.8, 4) is 0 Å². The number of ether oxygens (including phenoxy) is 2. The molecule has 0 aromatic heterocycles. The molecule has 0 radical (unpaired) electrons. The molecule has 0 aliphatic carbocycles. The summed E-state index contributed by atoms with van der Waals surface area (Å²) in [4.78, 5) is 0. The minimum Gasteiger partial charge on any atom is -0.409 e. The summed E-state index contributed by atoms with van der Waals surface area (Å²) in [6.07, 6.45) is -10.7. The Labute approximate surface area is 72.7 Å². The van der Waals surface area contributed by atoms with E-state index in [-0.39, 0.29) is 0 Å². The van der Waals surface area contributed by atoms with Crippen molar-refractivity contribution in [1.82, 2.24) is 0 Å². The monoisotopic (exact) mass is 230 g/mol. The van der Waals surface area contributed by atoms with E-state index in [0.717, 1.165) is 0 Å². The van der Waals surface area contributed by atoms with Crippen molar-refractivity contribution in [3.05, 3.63) is 11.5 Å². The summed E-state index contributed by atoms with van der Waals surface area (Å²) >= 11 is 4.57. The van der Waals surface area contributed by atoms with Gasteiger partial charge in [0.2, 0.25) is 5.22 Å². The molecule has 13 heavy (non-hydrogen) atoms. The van der Waals surface area contributed by atoms with Crippen LogP contribution in [-0.2, 0) is 9.47 Å². The van der Waals surface area contributed by atoms with Crippen LogP contribution in [-0.4, -0.2) is 12.7 Å². The third kappa shape index (κ3) is 9.12. The van der Waals surface area contributed by atoms with Crippen molar-refractivity contribution in [1.29, 1.82) is 0 Å². The van der Waals surface area contributed by atoms with Crippen LogP contribution in [0, 0.1) is 0 Å². The number of hydrogen-bond acceptors (Lipinski definition) is 2. The Hall–Kier alpha value is -0.790. The fourth-order valence-corrected chi connectivity index (χ4v) is 0.380. The molecule has 0 amide bonds. The summed E-state index contributed by atoms with van der Waals surface area (Å²) < 4.78 is 72.9. The van der Waals surface area contributed by atoms with Crippen molar-refractivity contribution >= 4 is 11.6 Å². The van der Waals surface area contributed by atoms with Crippen molar-refractivity contribution in [2.45, 2.75) is 12.7 Å². The summed E-state index contributed by atoms with van der Waals surface area (Å²) in [6, 6.07) is 0. The molecule has 0 saturated heterocycles. The second-order valence-electron chi connectivity index (χ2n) is 1.53. The highest BCUT2D eigenvalue weighted by Crippen LogP contribution is 2.24. The zero-order valence-electron chi connectivity index (χ0n) is 5.54. The van der Waals surface area contributed by atoms with E-state index >= 15 is 0 Å². The second kappa shape index (κ2) is 3.95. The zero-order chi connectivity index (χ0) is 10.7. The lowest BCUT2D eigenvalue weighted by Crippen LogP contribution is -2.13. The van der Waals surface area contributed by atoms with E-state index in [2.05, 4.69) is 21.1 Å².